The van der Waals surface area contributed by atoms with E-state index in [2.05, 4.69) is 93.7 Å². The first-order valence-corrected chi connectivity index (χ1v) is 29.1. The van der Waals surface area contributed by atoms with Crippen LogP contribution in [-0.2, 0) is 28.6 Å². The first-order chi connectivity index (χ1) is 34.0. The maximum atomic E-state index is 12.8. The summed E-state index contributed by atoms with van der Waals surface area (Å²) in [6.45, 7) is 6.41. The predicted octanol–water partition coefficient (Wildman–Crippen LogP) is 19.5. The van der Waals surface area contributed by atoms with Crippen LogP contribution in [0.2, 0.25) is 0 Å². The molecule has 0 radical (unpaired) electrons. The Hall–Kier alpha value is -3.41. The maximum absolute atomic E-state index is 12.8. The average Bonchev–Trinajstić information content (AvgIpc) is 3.35. The van der Waals surface area contributed by atoms with Crippen molar-refractivity contribution in [2.45, 2.75) is 284 Å². The number of rotatable bonds is 52. The minimum absolute atomic E-state index is 0.0954. The van der Waals surface area contributed by atoms with Crippen LogP contribution >= 0.6 is 0 Å². The summed E-state index contributed by atoms with van der Waals surface area (Å²) in [6.07, 6.45) is 74.8. The Balaban J connectivity index is 4.31. The molecule has 0 saturated carbocycles. The highest BCUT2D eigenvalue weighted by molar-refractivity contribution is 5.72. The predicted molar refractivity (Wildman–Crippen MR) is 297 cm³/mol. The second-order valence-corrected chi connectivity index (χ2v) is 19.2. The molecule has 1 unspecified atom stereocenters. The molecular formula is C63H108O6. The number of esters is 3. The van der Waals surface area contributed by atoms with Crippen LogP contribution in [0.1, 0.15) is 278 Å². The number of carbonyl (C=O) groups is 3. The molecule has 0 N–H and O–H groups in total. The number of hydrogen-bond donors (Lipinski definition) is 0. The van der Waals surface area contributed by atoms with Crippen molar-refractivity contribution in [3.63, 3.8) is 0 Å². The summed E-state index contributed by atoms with van der Waals surface area (Å²) in [4.78, 5) is 38.0. The van der Waals surface area contributed by atoms with Gasteiger partial charge < -0.3 is 14.2 Å². The lowest BCUT2D eigenvalue weighted by Gasteiger charge is -2.18. The molecule has 0 aliphatic rings. The second-order valence-electron chi connectivity index (χ2n) is 19.2. The molecule has 6 heteroatoms. The van der Waals surface area contributed by atoms with Crippen molar-refractivity contribution in [2.75, 3.05) is 13.2 Å². The minimum Gasteiger partial charge on any atom is -0.462 e. The van der Waals surface area contributed by atoms with E-state index in [4.69, 9.17) is 14.2 Å². The first-order valence-electron chi connectivity index (χ1n) is 29.1. The lowest BCUT2D eigenvalue weighted by molar-refractivity contribution is -0.166. The lowest BCUT2D eigenvalue weighted by atomic mass is 10.0. The van der Waals surface area contributed by atoms with Crippen LogP contribution in [0.4, 0.5) is 0 Å². The molecule has 0 aliphatic carbocycles. The highest BCUT2D eigenvalue weighted by atomic mass is 16.6. The van der Waals surface area contributed by atoms with E-state index in [1.807, 2.05) is 6.08 Å². The van der Waals surface area contributed by atoms with E-state index in [0.29, 0.717) is 12.8 Å². The normalized spacial score (nSPS) is 12.7. The van der Waals surface area contributed by atoms with Crippen molar-refractivity contribution in [1.29, 1.82) is 0 Å². The van der Waals surface area contributed by atoms with Gasteiger partial charge in [-0.05, 0) is 89.9 Å². The number of allylic oxidation sites excluding steroid dienone is 13. The molecule has 69 heavy (non-hydrogen) atoms. The molecule has 0 bridgehead atoms. The fourth-order valence-corrected chi connectivity index (χ4v) is 8.02. The average molecular weight is 962 g/mol. The largest absolute Gasteiger partial charge is 0.462 e. The molecule has 0 heterocycles. The van der Waals surface area contributed by atoms with Crippen molar-refractivity contribution < 1.29 is 28.6 Å². The summed E-state index contributed by atoms with van der Waals surface area (Å²) in [7, 11) is 0. The zero-order valence-corrected chi connectivity index (χ0v) is 45.3. The van der Waals surface area contributed by atoms with Gasteiger partial charge in [-0.25, -0.2) is 0 Å². The van der Waals surface area contributed by atoms with Gasteiger partial charge in [0.25, 0.3) is 0 Å². The van der Waals surface area contributed by atoms with Crippen molar-refractivity contribution in [3.05, 3.63) is 85.1 Å². The van der Waals surface area contributed by atoms with Crippen LogP contribution in [0.15, 0.2) is 85.1 Å². The molecule has 0 spiro atoms. The molecule has 0 fully saturated rings. The highest BCUT2D eigenvalue weighted by Crippen LogP contribution is 2.15. The van der Waals surface area contributed by atoms with Crippen LogP contribution < -0.4 is 0 Å². The Bertz CT molecular complexity index is 1330. The Morgan fingerprint density at radius 2 is 0.623 bits per heavy atom. The first kappa shape index (κ1) is 65.6. The summed E-state index contributed by atoms with van der Waals surface area (Å²) in [5, 5.41) is 0. The summed E-state index contributed by atoms with van der Waals surface area (Å²) in [5.41, 5.74) is 0. The van der Waals surface area contributed by atoms with E-state index in [9.17, 15) is 14.4 Å². The molecule has 0 aromatic carbocycles. The van der Waals surface area contributed by atoms with E-state index >= 15 is 0 Å². The molecule has 396 valence electrons. The van der Waals surface area contributed by atoms with E-state index in [0.717, 1.165) is 83.5 Å². The fourth-order valence-electron chi connectivity index (χ4n) is 8.02. The van der Waals surface area contributed by atoms with Gasteiger partial charge in [-0.15, -0.1) is 0 Å². The molecule has 0 aromatic heterocycles. The van der Waals surface area contributed by atoms with Crippen LogP contribution in [0.5, 0.6) is 0 Å². The molecule has 0 aromatic rings. The highest BCUT2D eigenvalue weighted by Gasteiger charge is 2.19. The van der Waals surface area contributed by atoms with Crippen molar-refractivity contribution in [2.24, 2.45) is 0 Å². The monoisotopic (exact) mass is 961 g/mol. The third-order valence-corrected chi connectivity index (χ3v) is 12.4. The zero-order chi connectivity index (χ0) is 50.0. The van der Waals surface area contributed by atoms with E-state index in [1.165, 1.54) is 154 Å². The molecule has 0 rings (SSSR count). The Kier molecular flexibility index (Phi) is 54.3. The van der Waals surface area contributed by atoms with E-state index in [-0.39, 0.29) is 31.6 Å². The topological polar surface area (TPSA) is 78.9 Å². The van der Waals surface area contributed by atoms with Crippen LogP contribution in [0.25, 0.3) is 0 Å². The van der Waals surface area contributed by atoms with Gasteiger partial charge in [-0.2, -0.15) is 0 Å². The van der Waals surface area contributed by atoms with E-state index in [1.54, 1.807) is 6.08 Å². The van der Waals surface area contributed by atoms with Crippen LogP contribution in [0, 0.1) is 0 Å². The molecule has 1 atom stereocenters. The summed E-state index contributed by atoms with van der Waals surface area (Å²) in [6, 6.07) is 0. The molecule has 0 aliphatic heterocycles. The number of carbonyl (C=O) groups excluding carboxylic acids is 3. The van der Waals surface area contributed by atoms with Gasteiger partial charge in [-0.3, -0.25) is 14.4 Å². The SMILES string of the molecule is CC/C=C\C/C=C\C/C=C\C/C=C\C/C=C\CC(=O)OC(COC(=O)CCCCCCC/C=C\CCCC)COC(=O)CCCCCCCCCCCCCCC/C=C\CCCCCCCCCC. The quantitative estimate of drug-likeness (QED) is 0.0262. The fraction of sp³-hybridized carbons (Fsp3) is 0.730. The van der Waals surface area contributed by atoms with Gasteiger partial charge >= 0.3 is 17.9 Å². The van der Waals surface area contributed by atoms with Gasteiger partial charge in [0.15, 0.2) is 6.10 Å². The number of unbranched alkanes of at least 4 members (excludes halogenated alkanes) is 28. The third-order valence-electron chi connectivity index (χ3n) is 12.4. The van der Waals surface area contributed by atoms with Crippen molar-refractivity contribution >= 4 is 17.9 Å². The van der Waals surface area contributed by atoms with Crippen molar-refractivity contribution in [1.82, 2.24) is 0 Å². The molecule has 0 amide bonds. The molecular weight excluding hydrogens is 853 g/mol. The Labute approximate surface area is 426 Å². The maximum Gasteiger partial charge on any atom is 0.310 e. The van der Waals surface area contributed by atoms with Gasteiger partial charge in [-0.1, -0.05) is 254 Å². The van der Waals surface area contributed by atoms with Gasteiger partial charge in [0, 0.05) is 12.8 Å². The smallest absolute Gasteiger partial charge is 0.310 e. The Morgan fingerprint density at radius 1 is 0.319 bits per heavy atom. The van der Waals surface area contributed by atoms with Crippen molar-refractivity contribution in [3.8, 4) is 0 Å². The third kappa shape index (κ3) is 55.4. The standard InChI is InChI=1S/C63H108O6/c1-4-7-10-13-16-19-22-24-26-27-28-29-30-31-32-33-34-35-37-38-41-44-47-50-53-56-62(65)68-59-60(58-67-61(64)55-52-49-46-43-40-21-18-15-12-9-6-3)69-63(66)57-54-51-48-45-42-39-36-25-23-20-17-14-11-8-5-2/h8,11,15,17-18,20,25,27-28,36,42,45,51,54,60H,4-7,9-10,12-14,16,19,21-24,26,29-35,37-41,43-44,46-50,52-53,55-59H2,1-3H3/b11-8-,18-15-,20-17-,28-27-,36-25-,45-42-,54-51-. The van der Waals surface area contributed by atoms with Crippen LogP contribution in [-0.4, -0.2) is 37.2 Å². The summed E-state index contributed by atoms with van der Waals surface area (Å²) >= 11 is 0. The second kappa shape index (κ2) is 57.2. The lowest BCUT2D eigenvalue weighted by Crippen LogP contribution is -2.30. The number of hydrogen-bond acceptors (Lipinski definition) is 6. The minimum atomic E-state index is -0.833. The van der Waals surface area contributed by atoms with Crippen LogP contribution in [0.3, 0.4) is 0 Å². The van der Waals surface area contributed by atoms with E-state index < -0.39 is 12.1 Å². The molecule has 6 nitrogen and oxygen atoms in total. The summed E-state index contributed by atoms with van der Waals surface area (Å²) in [5.74, 6) is -1.05. The Morgan fingerprint density at radius 3 is 0.986 bits per heavy atom. The van der Waals surface area contributed by atoms with Gasteiger partial charge in [0.2, 0.25) is 0 Å². The zero-order valence-electron chi connectivity index (χ0n) is 45.3. The molecule has 0 saturated heterocycles. The van der Waals surface area contributed by atoms with Gasteiger partial charge in [0.1, 0.15) is 13.2 Å². The number of ether oxygens (including phenoxy) is 3. The summed E-state index contributed by atoms with van der Waals surface area (Å²) < 4.78 is 16.7. The van der Waals surface area contributed by atoms with Gasteiger partial charge in [0.05, 0.1) is 6.42 Å².